The van der Waals surface area contributed by atoms with E-state index in [4.69, 9.17) is 5.11 Å². The zero-order valence-corrected chi connectivity index (χ0v) is 9.43. The molecule has 0 fully saturated rings. The average molecular weight is 216 g/mol. The molecule has 15 heavy (non-hydrogen) atoms. The van der Waals surface area contributed by atoms with Crippen LogP contribution in [-0.4, -0.2) is 17.6 Å². The molecule has 0 bridgehead atoms. The molecule has 1 aliphatic rings. The Bertz CT molecular complexity index is 290. The summed E-state index contributed by atoms with van der Waals surface area (Å²) in [5.41, 5.74) is 1.01. The third-order valence-corrected chi connectivity index (χ3v) is 2.99. The van der Waals surface area contributed by atoms with Gasteiger partial charge in [0, 0.05) is 5.92 Å². The van der Waals surface area contributed by atoms with E-state index in [1.807, 2.05) is 6.92 Å². The van der Waals surface area contributed by atoms with Gasteiger partial charge in [0.25, 0.3) is 5.92 Å². The summed E-state index contributed by atoms with van der Waals surface area (Å²) in [4.78, 5) is 0. The second kappa shape index (κ2) is 4.44. The van der Waals surface area contributed by atoms with Gasteiger partial charge in [0.15, 0.2) is 0 Å². The minimum absolute atomic E-state index is 0.0135. The van der Waals surface area contributed by atoms with Crippen molar-refractivity contribution in [3.8, 4) is 0 Å². The molecule has 0 saturated heterocycles. The number of rotatable bonds is 3. The number of hydrogen-bond acceptors (Lipinski definition) is 1. The molecule has 1 N–H and O–H groups in total. The fourth-order valence-corrected chi connectivity index (χ4v) is 1.73. The van der Waals surface area contributed by atoms with Crippen LogP contribution >= 0.6 is 0 Å². The van der Waals surface area contributed by atoms with E-state index >= 15 is 0 Å². The van der Waals surface area contributed by atoms with Gasteiger partial charge in [-0.05, 0) is 23.5 Å². The first-order chi connectivity index (χ1) is 6.89. The maximum Gasteiger partial charge on any atom is 0.271 e. The van der Waals surface area contributed by atoms with Crippen molar-refractivity contribution in [3.05, 3.63) is 23.3 Å². The van der Waals surface area contributed by atoms with Gasteiger partial charge in [-0.1, -0.05) is 32.9 Å². The quantitative estimate of drug-likeness (QED) is 0.768. The van der Waals surface area contributed by atoms with Crippen LogP contribution in [-0.2, 0) is 0 Å². The lowest BCUT2D eigenvalue weighted by molar-refractivity contribution is -0.0111. The van der Waals surface area contributed by atoms with E-state index in [9.17, 15) is 8.78 Å². The third-order valence-electron chi connectivity index (χ3n) is 2.99. The van der Waals surface area contributed by atoms with Crippen molar-refractivity contribution in [1.29, 1.82) is 0 Å². The average Bonchev–Trinajstić information content (AvgIpc) is 2.17. The van der Waals surface area contributed by atoms with E-state index in [-0.39, 0.29) is 18.1 Å². The van der Waals surface area contributed by atoms with Crippen molar-refractivity contribution in [2.75, 3.05) is 6.61 Å². The topological polar surface area (TPSA) is 20.2 Å². The molecule has 0 saturated carbocycles. The molecule has 1 aliphatic carbocycles. The van der Waals surface area contributed by atoms with Crippen molar-refractivity contribution >= 4 is 0 Å². The molecule has 0 aromatic carbocycles. The van der Waals surface area contributed by atoms with Crippen LogP contribution in [0.25, 0.3) is 0 Å². The minimum atomic E-state index is -2.73. The Labute approximate surface area is 89.5 Å². The molecule has 86 valence electrons. The monoisotopic (exact) mass is 216 g/mol. The Morgan fingerprint density at radius 2 is 2.07 bits per heavy atom. The summed E-state index contributed by atoms with van der Waals surface area (Å²) in [6.45, 7) is 4.87. The summed E-state index contributed by atoms with van der Waals surface area (Å²) in [7, 11) is 0. The van der Waals surface area contributed by atoms with Crippen LogP contribution in [0.3, 0.4) is 0 Å². The number of aliphatic hydroxyl groups is 1. The molecule has 3 heteroatoms. The molecule has 0 aromatic heterocycles. The van der Waals surface area contributed by atoms with Crippen LogP contribution in [0.15, 0.2) is 23.3 Å². The highest BCUT2D eigenvalue weighted by atomic mass is 19.3. The van der Waals surface area contributed by atoms with E-state index in [2.05, 4.69) is 0 Å². The maximum atomic E-state index is 13.7. The highest BCUT2D eigenvalue weighted by Gasteiger charge is 2.38. The Balaban J connectivity index is 2.91. The van der Waals surface area contributed by atoms with Gasteiger partial charge in [0.1, 0.15) is 0 Å². The first-order valence-corrected chi connectivity index (χ1v) is 5.28. The van der Waals surface area contributed by atoms with E-state index in [0.29, 0.717) is 6.42 Å². The minimum Gasteiger partial charge on any atom is -0.392 e. The van der Waals surface area contributed by atoms with Gasteiger partial charge in [-0.25, -0.2) is 8.78 Å². The molecule has 0 aliphatic heterocycles. The first kappa shape index (κ1) is 12.4. The summed E-state index contributed by atoms with van der Waals surface area (Å²) in [6, 6.07) is 0. The normalized spacial score (nSPS) is 22.7. The standard InChI is InChI=1S/C12H18F2O/c1-8(2)12(13,14)11-5-4-10(7-15)9(3)6-11/h4-5,8-9,15H,6-7H2,1-3H3. The lowest BCUT2D eigenvalue weighted by Gasteiger charge is -2.28. The molecular weight excluding hydrogens is 198 g/mol. The lowest BCUT2D eigenvalue weighted by Crippen LogP contribution is -2.29. The van der Waals surface area contributed by atoms with E-state index in [1.54, 1.807) is 6.08 Å². The zero-order valence-electron chi connectivity index (χ0n) is 9.43. The highest BCUT2D eigenvalue weighted by molar-refractivity contribution is 5.30. The third kappa shape index (κ3) is 2.46. The van der Waals surface area contributed by atoms with Crippen LogP contribution in [0.5, 0.6) is 0 Å². The summed E-state index contributed by atoms with van der Waals surface area (Å²) in [5.74, 6) is -3.40. The predicted octanol–water partition coefficient (Wildman–Crippen LogP) is 3.16. The summed E-state index contributed by atoms with van der Waals surface area (Å²) < 4.78 is 27.4. The number of aliphatic hydroxyl groups excluding tert-OH is 1. The molecule has 1 rings (SSSR count). The Morgan fingerprint density at radius 1 is 1.47 bits per heavy atom. The number of alkyl halides is 2. The predicted molar refractivity (Wildman–Crippen MR) is 56.8 cm³/mol. The largest absolute Gasteiger partial charge is 0.392 e. The van der Waals surface area contributed by atoms with Crippen molar-refractivity contribution < 1.29 is 13.9 Å². The van der Waals surface area contributed by atoms with E-state index in [0.717, 1.165) is 5.57 Å². The van der Waals surface area contributed by atoms with Crippen molar-refractivity contribution in [3.63, 3.8) is 0 Å². The molecule has 1 unspecified atom stereocenters. The van der Waals surface area contributed by atoms with Crippen LogP contribution in [0.2, 0.25) is 0 Å². The van der Waals surface area contributed by atoms with E-state index in [1.165, 1.54) is 19.9 Å². The van der Waals surface area contributed by atoms with Gasteiger partial charge in [0.2, 0.25) is 0 Å². The van der Waals surface area contributed by atoms with Crippen LogP contribution in [0, 0.1) is 11.8 Å². The molecule has 0 heterocycles. The Hall–Kier alpha value is -0.700. The number of hydrogen-bond donors (Lipinski definition) is 1. The summed E-state index contributed by atoms with van der Waals surface area (Å²) >= 11 is 0. The van der Waals surface area contributed by atoms with E-state index < -0.39 is 11.8 Å². The molecule has 0 amide bonds. The molecule has 0 spiro atoms. The zero-order chi connectivity index (χ0) is 11.6. The Morgan fingerprint density at radius 3 is 2.47 bits per heavy atom. The SMILES string of the molecule is CC1CC(C(F)(F)C(C)C)=CC=C1CO. The van der Waals surface area contributed by atoms with Crippen molar-refractivity contribution in [2.45, 2.75) is 33.1 Å². The lowest BCUT2D eigenvalue weighted by atomic mass is 9.83. The summed E-state index contributed by atoms with van der Waals surface area (Å²) in [5, 5.41) is 8.97. The molecule has 1 atom stereocenters. The highest BCUT2D eigenvalue weighted by Crippen LogP contribution is 2.39. The van der Waals surface area contributed by atoms with Gasteiger partial charge < -0.3 is 5.11 Å². The van der Waals surface area contributed by atoms with Crippen molar-refractivity contribution in [1.82, 2.24) is 0 Å². The second-order valence-electron chi connectivity index (χ2n) is 4.47. The van der Waals surface area contributed by atoms with Gasteiger partial charge in [-0.2, -0.15) is 0 Å². The van der Waals surface area contributed by atoms with Gasteiger partial charge in [0.05, 0.1) is 6.61 Å². The van der Waals surface area contributed by atoms with Crippen molar-refractivity contribution in [2.24, 2.45) is 11.8 Å². The second-order valence-corrected chi connectivity index (χ2v) is 4.47. The first-order valence-electron chi connectivity index (χ1n) is 5.28. The molecule has 1 nitrogen and oxygen atoms in total. The van der Waals surface area contributed by atoms with Crippen LogP contribution in [0.4, 0.5) is 8.78 Å². The van der Waals surface area contributed by atoms with Gasteiger partial charge >= 0.3 is 0 Å². The fraction of sp³-hybridized carbons (Fsp3) is 0.667. The molecule has 0 radical (unpaired) electrons. The molecule has 0 aromatic rings. The summed E-state index contributed by atoms with van der Waals surface area (Å²) in [6.07, 6.45) is 3.43. The number of halogens is 2. The number of allylic oxidation sites excluding steroid dienone is 3. The Kier molecular flexibility index (Phi) is 3.66. The fourth-order valence-electron chi connectivity index (χ4n) is 1.73. The van der Waals surface area contributed by atoms with Gasteiger partial charge in [-0.15, -0.1) is 0 Å². The maximum absolute atomic E-state index is 13.7. The smallest absolute Gasteiger partial charge is 0.271 e. The van der Waals surface area contributed by atoms with Crippen LogP contribution < -0.4 is 0 Å². The molecular formula is C12H18F2O. The van der Waals surface area contributed by atoms with Crippen LogP contribution in [0.1, 0.15) is 27.2 Å². The van der Waals surface area contributed by atoms with Gasteiger partial charge in [-0.3, -0.25) is 0 Å².